The van der Waals surface area contributed by atoms with Gasteiger partial charge in [-0.1, -0.05) is 0 Å². The molecule has 2 N–H and O–H groups in total. The van der Waals surface area contributed by atoms with Gasteiger partial charge in [0.25, 0.3) is 0 Å². The SMILES string of the molecule is COCC(CO)NC1CC(C)(C)OC1(C)C. The van der Waals surface area contributed by atoms with Gasteiger partial charge in [-0.05, 0) is 34.1 Å². The van der Waals surface area contributed by atoms with Gasteiger partial charge in [-0.3, -0.25) is 0 Å². The Morgan fingerprint density at radius 1 is 1.44 bits per heavy atom. The Morgan fingerprint density at radius 3 is 2.44 bits per heavy atom. The van der Waals surface area contributed by atoms with Gasteiger partial charge in [-0.15, -0.1) is 0 Å². The van der Waals surface area contributed by atoms with Crippen LogP contribution in [0.15, 0.2) is 0 Å². The van der Waals surface area contributed by atoms with Gasteiger partial charge < -0.3 is 19.9 Å². The van der Waals surface area contributed by atoms with Gasteiger partial charge in [0.1, 0.15) is 0 Å². The summed E-state index contributed by atoms with van der Waals surface area (Å²) in [6, 6.07) is 0.224. The van der Waals surface area contributed by atoms with Crippen molar-refractivity contribution in [3.8, 4) is 0 Å². The Labute approximate surface area is 98.3 Å². The maximum atomic E-state index is 9.23. The minimum Gasteiger partial charge on any atom is -0.395 e. The first-order valence-electron chi connectivity index (χ1n) is 5.87. The highest BCUT2D eigenvalue weighted by Gasteiger charge is 2.46. The molecule has 0 amide bonds. The van der Waals surface area contributed by atoms with Crippen LogP contribution >= 0.6 is 0 Å². The fourth-order valence-electron chi connectivity index (χ4n) is 2.46. The van der Waals surface area contributed by atoms with Crippen molar-refractivity contribution in [1.82, 2.24) is 5.32 Å². The summed E-state index contributed by atoms with van der Waals surface area (Å²) in [5.41, 5.74) is -0.307. The molecule has 2 unspecified atom stereocenters. The van der Waals surface area contributed by atoms with Crippen molar-refractivity contribution in [2.75, 3.05) is 20.3 Å². The molecule has 0 aliphatic carbocycles. The van der Waals surface area contributed by atoms with Crippen molar-refractivity contribution in [2.24, 2.45) is 0 Å². The Morgan fingerprint density at radius 2 is 2.06 bits per heavy atom. The van der Waals surface area contributed by atoms with E-state index >= 15 is 0 Å². The zero-order chi connectivity index (χ0) is 12.4. The molecule has 1 aliphatic heterocycles. The lowest BCUT2D eigenvalue weighted by atomic mass is 9.94. The highest BCUT2D eigenvalue weighted by atomic mass is 16.5. The van der Waals surface area contributed by atoms with Crippen molar-refractivity contribution >= 4 is 0 Å². The summed E-state index contributed by atoms with van der Waals surface area (Å²) in [5.74, 6) is 0. The average Bonchev–Trinajstić information content (AvgIpc) is 2.33. The normalized spacial score (nSPS) is 29.2. The molecule has 96 valence electrons. The van der Waals surface area contributed by atoms with Gasteiger partial charge in [0.15, 0.2) is 0 Å². The highest BCUT2D eigenvalue weighted by Crippen LogP contribution is 2.37. The van der Waals surface area contributed by atoms with E-state index in [4.69, 9.17) is 9.47 Å². The van der Waals surface area contributed by atoms with Crippen molar-refractivity contribution in [2.45, 2.75) is 57.4 Å². The van der Waals surface area contributed by atoms with E-state index in [0.717, 1.165) is 6.42 Å². The molecule has 0 radical (unpaired) electrons. The fraction of sp³-hybridized carbons (Fsp3) is 1.00. The first kappa shape index (κ1) is 13.9. The number of methoxy groups -OCH3 is 1. The Kier molecular flexibility index (Phi) is 4.35. The molecule has 1 fully saturated rings. The van der Waals surface area contributed by atoms with E-state index in [0.29, 0.717) is 6.61 Å². The Hall–Kier alpha value is -0.160. The monoisotopic (exact) mass is 231 g/mol. The third-order valence-electron chi connectivity index (χ3n) is 3.10. The zero-order valence-corrected chi connectivity index (χ0v) is 11.0. The average molecular weight is 231 g/mol. The van der Waals surface area contributed by atoms with Crippen LogP contribution in [-0.4, -0.2) is 48.7 Å². The van der Waals surface area contributed by atoms with Gasteiger partial charge in [0.2, 0.25) is 0 Å². The van der Waals surface area contributed by atoms with Crippen LogP contribution < -0.4 is 5.32 Å². The van der Waals surface area contributed by atoms with Crippen LogP contribution in [0.1, 0.15) is 34.1 Å². The summed E-state index contributed by atoms with van der Waals surface area (Å²) in [6.07, 6.45) is 0.945. The second-order valence-corrected chi connectivity index (χ2v) is 5.72. The molecular formula is C12H25NO3. The van der Waals surface area contributed by atoms with Gasteiger partial charge in [0, 0.05) is 13.2 Å². The van der Waals surface area contributed by atoms with Crippen LogP contribution in [0.4, 0.5) is 0 Å². The topological polar surface area (TPSA) is 50.7 Å². The van der Waals surface area contributed by atoms with Crippen LogP contribution in [0.2, 0.25) is 0 Å². The van der Waals surface area contributed by atoms with Crippen LogP contribution in [0.5, 0.6) is 0 Å². The summed E-state index contributed by atoms with van der Waals surface area (Å²) in [7, 11) is 1.64. The Bertz CT molecular complexity index is 228. The molecule has 4 heteroatoms. The van der Waals surface area contributed by atoms with Crippen LogP contribution in [0.3, 0.4) is 0 Å². The largest absolute Gasteiger partial charge is 0.395 e. The molecule has 0 aromatic heterocycles. The van der Waals surface area contributed by atoms with E-state index in [1.807, 2.05) is 0 Å². The number of rotatable bonds is 5. The summed E-state index contributed by atoms with van der Waals surface area (Å²) >= 11 is 0. The second kappa shape index (κ2) is 5.00. The minimum absolute atomic E-state index is 0.0215. The molecule has 1 aliphatic rings. The molecule has 0 aromatic carbocycles. The van der Waals surface area contributed by atoms with Gasteiger partial charge in [-0.25, -0.2) is 0 Å². The third-order valence-corrected chi connectivity index (χ3v) is 3.10. The van der Waals surface area contributed by atoms with Gasteiger partial charge >= 0.3 is 0 Å². The highest BCUT2D eigenvalue weighted by molar-refractivity contribution is 4.99. The molecule has 1 saturated heterocycles. The second-order valence-electron chi connectivity index (χ2n) is 5.72. The summed E-state index contributed by atoms with van der Waals surface area (Å²) in [6.45, 7) is 8.97. The number of nitrogens with one attached hydrogen (secondary N) is 1. The molecular weight excluding hydrogens is 206 g/mol. The van der Waals surface area contributed by atoms with Gasteiger partial charge in [-0.2, -0.15) is 0 Å². The predicted octanol–water partition coefficient (Wildman–Crippen LogP) is 0.929. The van der Waals surface area contributed by atoms with E-state index in [9.17, 15) is 5.11 Å². The van der Waals surface area contributed by atoms with Gasteiger partial charge in [0.05, 0.1) is 30.5 Å². The first-order chi connectivity index (χ1) is 7.30. The minimum atomic E-state index is -0.204. The van der Waals surface area contributed by atoms with Crippen LogP contribution in [0.25, 0.3) is 0 Å². The van der Waals surface area contributed by atoms with Crippen molar-refractivity contribution < 1.29 is 14.6 Å². The molecule has 2 atom stereocenters. The fourth-order valence-corrected chi connectivity index (χ4v) is 2.46. The summed E-state index contributed by atoms with van der Waals surface area (Å²) in [4.78, 5) is 0. The standard InChI is InChI=1S/C12H25NO3/c1-11(2)6-10(12(3,4)16-11)13-9(7-14)8-15-5/h9-10,13-14H,6-8H2,1-5H3. The number of hydrogen-bond donors (Lipinski definition) is 2. The molecule has 4 nitrogen and oxygen atoms in total. The maximum absolute atomic E-state index is 9.23. The van der Waals surface area contributed by atoms with Crippen LogP contribution in [-0.2, 0) is 9.47 Å². The quantitative estimate of drug-likeness (QED) is 0.739. The van der Waals surface area contributed by atoms with E-state index < -0.39 is 0 Å². The molecule has 0 saturated carbocycles. The number of hydrogen-bond acceptors (Lipinski definition) is 4. The molecule has 0 bridgehead atoms. The van der Waals surface area contributed by atoms with E-state index in [1.54, 1.807) is 7.11 Å². The van der Waals surface area contributed by atoms with Crippen molar-refractivity contribution in [3.05, 3.63) is 0 Å². The van der Waals surface area contributed by atoms with E-state index in [1.165, 1.54) is 0 Å². The summed E-state index contributed by atoms with van der Waals surface area (Å²) in [5, 5.41) is 12.6. The number of aliphatic hydroxyl groups is 1. The molecule has 1 rings (SSSR count). The molecule has 0 spiro atoms. The van der Waals surface area contributed by atoms with Crippen molar-refractivity contribution in [1.29, 1.82) is 0 Å². The maximum Gasteiger partial charge on any atom is 0.0787 e. The lowest BCUT2D eigenvalue weighted by Gasteiger charge is -2.30. The zero-order valence-electron chi connectivity index (χ0n) is 11.0. The lowest BCUT2D eigenvalue weighted by molar-refractivity contribution is -0.0712. The molecule has 16 heavy (non-hydrogen) atoms. The number of aliphatic hydroxyl groups excluding tert-OH is 1. The third kappa shape index (κ3) is 3.42. The molecule has 1 heterocycles. The smallest absolute Gasteiger partial charge is 0.0787 e. The Balaban J connectivity index is 2.59. The number of ether oxygens (including phenoxy) is 2. The van der Waals surface area contributed by atoms with Crippen LogP contribution in [0, 0.1) is 0 Å². The van der Waals surface area contributed by atoms with E-state index in [2.05, 4.69) is 33.0 Å². The predicted molar refractivity (Wildman–Crippen MR) is 63.5 cm³/mol. The van der Waals surface area contributed by atoms with E-state index in [-0.39, 0.29) is 29.9 Å². The summed E-state index contributed by atoms with van der Waals surface area (Å²) < 4.78 is 11.0. The first-order valence-corrected chi connectivity index (χ1v) is 5.87. The molecule has 0 aromatic rings. The van der Waals surface area contributed by atoms with Crippen molar-refractivity contribution in [3.63, 3.8) is 0 Å². The lowest BCUT2D eigenvalue weighted by Crippen LogP contribution is -2.50.